The molecule has 18 heavy (non-hydrogen) atoms. The van der Waals surface area contributed by atoms with Gasteiger partial charge in [0.15, 0.2) is 5.43 Å². The van der Waals surface area contributed by atoms with Crippen LogP contribution in [0.25, 0.3) is 32.8 Å². The van der Waals surface area contributed by atoms with Crippen LogP contribution in [0.1, 0.15) is 0 Å². The van der Waals surface area contributed by atoms with Crippen LogP contribution >= 0.6 is 0 Å². The molecule has 0 saturated carbocycles. The zero-order valence-electron chi connectivity index (χ0n) is 9.27. The zero-order valence-corrected chi connectivity index (χ0v) is 9.27. The van der Waals surface area contributed by atoms with Gasteiger partial charge in [0.1, 0.15) is 5.65 Å². The highest BCUT2D eigenvalue weighted by atomic mass is 16.1. The molecule has 1 aromatic carbocycles. The zero-order chi connectivity index (χ0) is 12.1. The molecule has 0 bridgehead atoms. The van der Waals surface area contributed by atoms with E-state index in [1.807, 2.05) is 12.1 Å². The Bertz CT molecular complexity index is 951. The normalized spacial score (nSPS) is 11.6. The molecule has 3 heterocycles. The van der Waals surface area contributed by atoms with Gasteiger partial charge in [-0.25, -0.2) is 4.98 Å². The van der Waals surface area contributed by atoms with Crippen LogP contribution in [0.4, 0.5) is 0 Å². The Hall–Kier alpha value is -2.69. The van der Waals surface area contributed by atoms with E-state index in [4.69, 9.17) is 0 Å². The number of aromatic nitrogens is 4. The van der Waals surface area contributed by atoms with Crippen molar-refractivity contribution in [1.29, 1.82) is 0 Å². The van der Waals surface area contributed by atoms with E-state index in [1.54, 1.807) is 24.5 Å². The lowest BCUT2D eigenvalue weighted by atomic mass is 10.1. The molecule has 3 aromatic heterocycles. The minimum atomic E-state index is -0.0150. The topological polar surface area (TPSA) is 74.4 Å². The van der Waals surface area contributed by atoms with Crippen LogP contribution in [0.2, 0.25) is 0 Å². The van der Waals surface area contributed by atoms with E-state index < -0.39 is 0 Å². The lowest BCUT2D eigenvalue weighted by molar-refractivity contribution is 1.12. The molecule has 86 valence electrons. The van der Waals surface area contributed by atoms with Gasteiger partial charge in [-0.2, -0.15) is 5.10 Å². The Morgan fingerprint density at radius 3 is 2.89 bits per heavy atom. The molecule has 0 aliphatic rings. The minimum absolute atomic E-state index is 0.0150. The Morgan fingerprint density at radius 2 is 1.94 bits per heavy atom. The predicted molar refractivity (Wildman–Crippen MR) is 69.5 cm³/mol. The molecule has 0 radical (unpaired) electrons. The fraction of sp³-hybridized carbons (Fsp3) is 0. The molecule has 0 atom stereocenters. The van der Waals surface area contributed by atoms with Gasteiger partial charge < -0.3 is 4.98 Å². The predicted octanol–water partition coefficient (Wildman–Crippen LogP) is 1.95. The van der Waals surface area contributed by atoms with Crippen LogP contribution in [0.3, 0.4) is 0 Å². The highest BCUT2D eigenvalue weighted by molar-refractivity contribution is 6.07. The van der Waals surface area contributed by atoms with Crippen molar-refractivity contribution in [3.8, 4) is 0 Å². The highest BCUT2D eigenvalue weighted by Crippen LogP contribution is 2.21. The van der Waals surface area contributed by atoms with Crippen LogP contribution in [0, 0.1) is 0 Å². The van der Waals surface area contributed by atoms with Crippen LogP contribution in [0.15, 0.2) is 41.5 Å². The van der Waals surface area contributed by atoms with Crippen molar-refractivity contribution in [2.45, 2.75) is 0 Å². The summed E-state index contributed by atoms with van der Waals surface area (Å²) in [7, 11) is 0. The summed E-state index contributed by atoms with van der Waals surface area (Å²) in [6, 6.07) is 7.30. The Kier molecular flexibility index (Phi) is 1.64. The van der Waals surface area contributed by atoms with Crippen LogP contribution in [-0.2, 0) is 0 Å². The maximum Gasteiger partial charge on any atom is 0.199 e. The number of aromatic amines is 2. The first-order valence-corrected chi connectivity index (χ1v) is 5.57. The summed E-state index contributed by atoms with van der Waals surface area (Å²) in [6.45, 7) is 0. The van der Waals surface area contributed by atoms with Gasteiger partial charge in [-0.3, -0.25) is 9.89 Å². The Morgan fingerprint density at radius 1 is 1.06 bits per heavy atom. The van der Waals surface area contributed by atoms with Gasteiger partial charge in [0.2, 0.25) is 0 Å². The summed E-state index contributed by atoms with van der Waals surface area (Å²) in [5.41, 5.74) is 2.23. The van der Waals surface area contributed by atoms with Gasteiger partial charge in [-0.15, -0.1) is 0 Å². The molecule has 5 nitrogen and oxygen atoms in total. The summed E-state index contributed by atoms with van der Waals surface area (Å²) < 4.78 is 0. The second-order valence-electron chi connectivity index (χ2n) is 4.17. The second-order valence-corrected chi connectivity index (χ2v) is 4.17. The first-order valence-electron chi connectivity index (χ1n) is 5.57. The number of benzene rings is 1. The maximum absolute atomic E-state index is 12.5. The van der Waals surface area contributed by atoms with E-state index in [2.05, 4.69) is 20.2 Å². The van der Waals surface area contributed by atoms with E-state index in [0.717, 1.165) is 16.4 Å². The quantitative estimate of drug-likeness (QED) is 0.458. The number of H-pyrrole nitrogens is 2. The van der Waals surface area contributed by atoms with E-state index in [-0.39, 0.29) is 5.43 Å². The molecule has 0 unspecified atom stereocenters. The van der Waals surface area contributed by atoms with Crippen LogP contribution in [0.5, 0.6) is 0 Å². The number of nitrogens with zero attached hydrogens (tertiary/aromatic N) is 2. The molecule has 0 saturated heterocycles. The number of hydrogen-bond acceptors (Lipinski definition) is 3. The first kappa shape index (κ1) is 9.35. The van der Waals surface area contributed by atoms with Crippen LogP contribution < -0.4 is 5.43 Å². The number of hydrogen-bond donors (Lipinski definition) is 2. The third-order valence-corrected chi connectivity index (χ3v) is 3.16. The molecular weight excluding hydrogens is 228 g/mol. The molecule has 4 rings (SSSR count). The molecule has 5 heteroatoms. The summed E-state index contributed by atoms with van der Waals surface area (Å²) in [4.78, 5) is 19.9. The monoisotopic (exact) mass is 236 g/mol. The summed E-state index contributed by atoms with van der Waals surface area (Å²) in [6.07, 6.45) is 3.34. The first-order chi connectivity index (χ1) is 8.84. The molecule has 2 N–H and O–H groups in total. The van der Waals surface area contributed by atoms with Gasteiger partial charge in [0.25, 0.3) is 0 Å². The number of rotatable bonds is 0. The fourth-order valence-corrected chi connectivity index (χ4v) is 2.32. The third-order valence-electron chi connectivity index (χ3n) is 3.16. The standard InChI is InChI=1S/C13H8N4O/c18-12-7-2-1-5-14-13(7)16-10-4-3-9-8(11(10)12)6-15-17-9/h1-6H,(H,15,17)(H,14,16,18). The SMILES string of the molecule is O=c1c2cccnc2[nH]c2ccc3[nH]ncc3c12. The Balaban J connectivity index is 2.40. The summed E-state index contributed by atoms with van der Waals surface area (Å²) in [5, 5.41) is 8.93. The summed E-state index contributed by atoms with van der Waals surface area (Å²) >= 11 is 0. The smallest absolute Gasteiger partial charge is 0.199 e. The van der Waals surface area contributed by atoms with Crippen LogP contribution in [-0.4, -0.2) is 20.2 Å². The average Bonchev–Trinajstić information content (AvgIpc) is 2.87. The van der Waals surface area contributed by atoms with Crippen molar-refractivity contribution in [3.63, 3.8) is 0 Å². The molecule has 0 aliphatic heterocycles. The minimum Gasteiger partial charge on any atom is -0.339 e. The van der Waals surface area contributed by atoms with E-state index in [9.17, 15) is 4.79 Å². The van der Waals surface area contributed by atoms with Gasteiger partial charge in [0, 0.05) is 11.6 Å². The largest absolute Gasteiger partial charge is 0.339 e. The second kappa shape index (κ2) is 3.16. The highest BCUT2D eigenvalue weighted by Gasteiger charge is 2.09. The molecule has 0 amide bonds. The third kappa shape index (κ3) is 1.08. The van der Waals surface area contributed by atoms with Crippen molar-refractivity contribution in [2.24, 2.45) is 0 Å². The Labute approximate surface area is 100 Å². The van der Waals surface area contributed by atoms with Crippen molar-refractivity contribution in [3.05, 3.63) is 46.9 Å². The van der Waals surface area contributed by atoms with E-state index in [0.29, 0.717) is 16.4 Å². The molecule has 4 aromatic rings. The maximum atomic E-state index is 12.5. The number of nitrogens with one attached hydrogen (secondary N) is 2. The van der Waals surface area contributed by atoms with Crippen molar-refractivity contribution in [2.75, 3.05) is 0 Å². The van der Waals surface area contributed by atoms with E-state index in [1.165, 1.54) is 0 Å². The molecular formula is C13H8N4O. The van der Waals surface area contributed by atoms with Crippen molar-refractivity contribution in [1.82, 2.24) is 20.2 Å². The van der Waals surface area contributed by atoms with Crippen molar-refractivity contribution >= 4 is 32.8 Å². The van der Waals surface area contributed by atoms with Gasteiger partial charge in [-0.05, 0) is 24.3 Å². The summed E-state index contributed by atoms with van der Waals surface area (Å²) in [5.74, 6) is 0. The lowest BCUT2D eigenvalue weighted by Gasteiger charge is -2.02. The lowest BCUT2D eigenvalue weighted by Crippen LogP contribution is -2.05. The molecule has 0 aliphatic carbocycles. The number of fused-ring (bicyclic) bond motifs is 4. The number of pyridine rings is 2. The van der Waals surface area contributed by atoms with Gasteiger partial charge in [-0.1, -0.05) is 0 Å². The average molecular weight is 236 g/mol. The molecule has 0 fully saturated rings. The fourth-order valence-electron chi connectivity index (χ4n) is 2.32. The molecule has 0 spiro atoms. The van der Waals surface area contributed by atoms with E-state index >= 15 is 0 Å². The van der Waals surface area contributed by atoms with Crippen molar-refractivity contribution < 1.29 is 0 Å². The van der Waals surface area contributed by atoms with Gasteiger partial charge in [0.05, 0.1) is 28.0 Å². The van der Waals surface area contributed by atoms with Gasteiger partial charge >= 0.3 is 0 Å².